The average Bonchev–Trinajstić information content (AvgIpc) is 2.07. The van der Waals surface area contributed by atoms with Crippen molar-refractivity contribution in [1.82, 2.24) is 4.90 Å². The van der Waals surface area contributed by atoms with E-state index in [1.54, 1.807) is 13.4 Å². The molecular weight excluding hydrogens is 142 g/mol. The highest BCUT2D eigenvalue weighted by molar-refractivity contribution is 4.79. The van der Waals surface area contributed by atoms with Crippen LogP contribution >= 0.6 is 0 Å². The Balaban J connectivity index is 2.09. The van der Waals surface area contributed by atoms with E-state index in [9.17, 15) is 0 Å². The van der Waals surface area contributed by atoms with Crippen molar-refractivity contribution in [3.05, 3.63) is 12.3 Å². The van der Waals surface area contributed by atoms with E-state index in [2.05, 4.69) is 4.90 Å². The number of hydrogen-bond acceptors (Lipinski definition) is 3. The molecule has 0 radical (unpaired) electrons. The molecule has 0 bridgehead atoms. The van der Waals surface area contributed by atoms with Gasteiger partial charge in [-0.2, -0.15) is 0 Å². The molecular formula is C8H15NO2. The van der Waals surface area contributed by atoms with Gasteiger partial charge < -0.3 is 9.47 Å². The lowest BCUT2D eigenvalue weighted by molar-refractivity contribution is 0.0432. The standard InChI is InChI=1S/C8H15NO2/c1-10-6-2-3-9-4-7-11-8-5-9/h2,6H,3-5,7-8H2,1H3. The summed E-state index contributed by atoms with van der Waals surface area (Å²) in [6.07, 6.45) is 3.74. The number of ether oxygens (including phenoxy) is 2. The van der Waals surface area contributed by atoms with E-state index in [0.29, 0.717) is 0 Å². The van der Waals surface area contributed by atoms with Gasteiger partial charge in [-0.25, -0.2) is 0 Å². The Morgan fingerprint density at radius 3 is 2.82 bits per heavy atom. The Morgan fingerprint density at radius 1 is 1.45 bits per heavy atom. The minimum Gasteiger partial charge on any atom is -0.505 e. The molecule has 1 heterocycles. The fourth-order valence-corrected chi connectivity index (χ4v) is 1.07. The summed E-state index contributed by atoms with van der Waals surface area (Å²) in [6.45, 7) is 4.76. The van der Waals surface area contributed by atoms with Crippen LogP contribution in [0, 0.1) is 0 Å². The van der Waals surface area contributed by atoms with Gasteiger partial charge in [0.2, 0.25) is 0 Å². The van der Waals surface area contributed by atoms with Crippen molar-refractivity contribution in [3.8, 4) is 0 Å². The van der Waals surface area contributed by atoms with E-state index in [-0.39, 0.29) is 0 Å². The third-order valence-corrected chi connectivity index (χ3v) is 1.70. The zero-order chi connectivity index (χ0) is 7.94. The van der Waals surface area contributed by atoms with Crippen LogP contribution in [0.25, 0.3) is 0 Å². The van der Waals surface area contributed by atoms with Crippen LogP contribution in [0.15, 0.2) is 12.3 Å². The van der Waals surface area contributed by atoms with Crippen LogP contribution < -0.4 is 0 Å². The largest absolute Gasteiger partial charge is 0.505 e. The van der Waals surface area contributed by atoms with Crippen LogP contribution in [-0.4, -0.2) is 44.9 Å². The van der Waals surface area contributed by atoms with Gasteiger partial charge in [-0.05, 0) is 6.08 Å². The van der Waals surface area contributed by atoms with E-state index in [0.717, 1.165) is 32.8 Å². The van der Waals surface area contributed by atoms with E-state index in [1.807, 2.05) is 6.08 Å². The van der Waals surface area contributed by atoms with Crippen LogP contribution in [0.1, 0.15) is 0 Å². The van der Waals surface area contributed by atoms with E-state index >= 15 is 0 Å². The summed E-state index contributed by atoms with van der Waals surface area (Å²) < 4.78 is 10.0. The fourth-order valence-electron chi connectivity index (χ4n) is 1.07. The molecule has 0 saturated carbocycles. The van der Waals surface area contributed by atoms with Gasteiger partial charge in [0.25, 0.3) is 0 Å². The number of morpholine rings is 1. The third-order valence-electron chi connectivity index (χ3n) is 1.70. The topological polar surface area (TPSA) is 21.7 Å². The molecule has 0 amide bonds. The first-order chi connectivity index (χ1) is 5.43. The number of methoxy groups -OCH3 is 1. The van der Waals surface area contributed by atoms with Crippen LogP contribution in [0.4, 0.5) is 0 Å². The molecule has 1 aliphatic heterocycles. The number of hydrogen-bond donors (Lipinski definition) is 0. The lowest BCUT2D eigenvalue weighted by Gasteiger charge is -2.24. The first-order valence-electron chi connectivity index (χ1n) is 3.91. The molecule has 0 unspecified atom stereocenters. The van der Waals surface area contributed by atoms with Crippen LogP contribution in [0.3, 0.4) is 0 Å². The molecule has 1 fully saturated rings. The molecule has 0 N–H and O–H groups in total. The summed E-state index contributed by atoms with van der Waals surface area (Å²) in [6, 6.07) is 0. The molecule has 3 heteroatoms. The maximum Gasteiger partial charge on any atom is 0.0797 e. The maximum atomic E-state index is 5.21. The van der Waals surface area contributed by atoms with Gasteiger partial charge in [0, 0.05) is 19.6 Å². The Morgan fingerprint density at radius 2 is 2.18 bits per heavy atom. The molecule has 1 rings (SSSR count). The highest BCUT2D eigenvalue weighted by Crippen LogP contribution is 1.95. The Kier molecular flexibility index (Phi) is 4.01. The predicted molar refractivity (Wildman–Crippen MR) is 43.4 cm³/mol. The fraction of sp³-hybridized carbons (Fsp3) is 0.750. The zero-order valence-corrected chi connectivity index (χ0v) is 6.95. The van der Waals surface area contributed by atoms with Crippen LogP contribution in [-0.2, 0) is 9.47 Å². The van der Waals surface area contributed by atoms with E-state index in [1.165, 1.54) is 0 Å². The summed E-state index contributed by atoms with van der Waals surface area (Å²) in [7, 11) is 1.66. The second kappa shape index (κ2) is 5.16. The number of rotatable bonds is 3. The normalized spacial score (nSPS) is 20.8. The predicted octanol–water partition coefficient (Wildman–Crippen LogP) is 0.479. The molecule has 0 aromatic rings. The monoisotopic (exact) mass is 157 g/mol. The lowest BCUT2D eigenvalue weighted by atomic mass is 10.4. The van der Waals surface area contributed by atoms with Crippen molar-refractivity contribution < 1.29 is 9.47 Å². The summed E-state index contributed by atoms with van der Waals surface area (Å²) in [5.74, 6) is 0. The van der Waals surface area contributed by atoms with Crippen molar-refractivity contribution in [3.63, 3.8) is 0 Å². The minimum absolute atomic E-state index is 0.862. The highest BCUT2D eigenvalue weighted by Gasteiger charge is 2.07. The third kappa shape index (κ3) is 3.39. The van der Waals surface area contributed by atoms with Crippen LogP contribution in [0.5, 0.6) is 0 Å². The average molecular weight is 157 g/mol. The summed E-state index contributed by atoms with van der Waals surface area (Å²) in [4.78, 5) is 2.33. The summed E-state index contributed by atoms with van der Waals surface area (Å²) >= 11 is 0. The van der Waals surface area contributed by atoms with Crippen molar-refractivity contribution in [1.29, 1.82) is 0 Å². The number of nitrogens with zero attached hydrogens (tertiary/aromatic N) is 1. The second-order valence-electron chi connectivity index (χ2n) is 2.52. The van der Waals surface area contributed by atoms with Crippen LogP contribution in [0.2, 0.25) is 0 Å². The lowest BCUT2D eigenvalue weighted by Crippen LogP contribution is -2.36. The minimum atomic E-state index is 0.862. The molecule has 0 spiro atoms. The molecule has 1 aliphatic rings. The Bertz CT molecular complexity index is 119. The van der Waals surface area contributed by atoms with Gasteiger partial charge in [0.05, 0.1) is 26.6 Å². The molecule has 11 heavy (non-hydrogen) atoms. The molecule has 0 atom stereocenters. The molecule has 1 saturated heterocycles. The highest BCUT2D eigenvalue weighted by atomic mass is 16.5. The molecule has 0 aromatic heterocycles. The van der Waals surface area contributed by atoms with Crippen molar-refractivity contribution in [2.24, 2.45) is 0 Å². The SMILES string of the molecule is COC=CCN1CCOCC1. The molecule has 64 valence electrons. The van der Waals surface area contributed by atoms with E-state index < -0.39 is 0 Å². The van der Waals surface area contributed by atoms with Gasteiger partial charge in [-0.1, -0.05) is 0 Å². The van der Waals surface area contributed by atoms with Crippen molar-refractivity contribution >= 4 is 0 Å². The Hall–Kier alpha value is -0.540. The van der Waals surface area contributed by atoms with Gasteiger partial charge in [0.15, 0.2) is 0 Å². The Labute approximate surface area is 67.6 Å². The first kappa shape index (κ1) is 8.56. The zero-order valence-electron chi connectivity index (χ0n) is 6.95. The van der Waals surface area contributed by atoms with Gasteiger partial charge in [0.1, 0.15) is 0 Å². The van der Waals surface area contributed by atoms with Crippen molar-refractivity contribution in [2.45, 2.75) is 0 Å². The summed E-state index contributed by atoms with van der Waals surface area (Å²) in [5.41, 5.74) is 0. The van der Waals surface area contributed by atoms with Crippen molar-refractivity contribution in [2.75, 3.05) is 40.0 Å². The summed E-state index contributed by atoms with van der Waals surface area (Å²) in [5, 5.41) is 0. The second-order valence-corrected chi connectivity index (χ2v) is 2.52. The molecule has 0 aliphatic carbocycles. The maximum absolute atomic E-state index is 5.21. The smallest absolute Gasteiger partial charge is 0.0797 e. The molecule has 3 nitrogen and oxygen atoms in total. The first-order valence-corrected chi connectivity index (χ1v) is 3.91. The van der Waals surface area contributed by atoms with E-state index in [4.69, 9.17) is 9.47 Å². The van der Waals surface area contributed by atoms with Gasteiger partial charge in [-0.3, -0.25) is 4.90 Å². The van der Waals surface area contributed by atoms with Gasteiger partial charge >= 0.3 is 0 Å². The van der Waals surface area contributed by atoms with Gasteiger partial charge in [-0.15, -0.1) is 0 Å². The molecule has 0 aromatic carbocycles. The quantitative estimate of drug-likeness (QED) is 0.556.